The van der Waals surface area contributed by atoms with Crippen LogP contribution in [0, 0.1) is 0 Å². The Bertz CT molecular complexity index is 1020. The number of anilines is 2. The van der Waals surface area contributed by atoms with Gasteiger partial charge in [-0.3, -0.25) is 14.2 Å². The van der Waals surface area contributed by atoms with Crippen molar-refractivity contribution in [2.24, 2.45) is 0 Å². The van der Waals surface area contributed by atoms with Crippen molar-refractivity contribution in [2.45, 2.75) is 25.8 Å². The van der Waals surface area contributed by atoms with E-state index in [0.29, 0.717) is 5.69 Å². The molecule has 2 aromatic heterocycles. The van der Waals surface area contributed by atoms with Gasteiger partial charge in [0.1, 0.15) is 6.54 Å². The number of aromatic nitrogens is 4. The van der Waals surface area contributed by atoms with Gasteiger partial charge in [-0.15, -0.1) is 10.2 Å². The molecule has 0 radical (unpaired) electrons. The second-order valence-corrected chi connectivity index (χ2v) is 7.00. The fourth-order valence-corrected chi connectivity index (χ4v) is 3.35. The van der Waals surface area contributed by atoms with Crippen LogP contribution in [0.5, 0.6) is 0 Å². The van der Waals surface area contributed by atoms with E-state index < -0.39 is 0 Å². The molecule has 1 aromatic carbocycles. The van der Waals surface area contributed by atoms with Crippen LogP contribution in [-0.4, -0.2) is 38.7 Å². The Kier molecular flexibility index (Phi) is 5.60. The molecule has 1 aliphatic rings. The van der Waals surface area contributed by atoms with Crippen molar-refractivity contribution in [3.05, 3.63) is 65.3 Å². The van der Waals surface area contributed by atoms with Gasteiger partial charge in [0.2, 0.25) is 5.91 Å². The average molecular weight is 390 g/mol. The van der Waals surface area contributed by atoms with E-state index in [4.69, 9.17) is 0 Å². The van der Waals surface area contributed by atoms with Crippen LogP contribution in [0.15, 0.2) is 59.8 Å². The Morgan fingerprint density at radius 1 is 0.966 bits per heavy atom. The number of carbonyl (C=O) groups excluding carboxylic acids is 1. The third-order valence-electron chi connectivity index (χ3n) is 4.90. The number of piperidine rings is 1. The molecular formula is C21H22N6O2. The molecule has 8 heteroatoms. The molecular weight excluding hydrogens is 368 g/mol. The molecule has 0 bridgehead atoms. The lowest BCUT2D eigenvalue weighted by Crippen LogP contribution is -2.30. The van der Waals surface area contributed by atoms with Crippen molar-refractivity contribution < 1.29 is 4.79 Å². The minimum absolute atomic E-state index is 0.0855. The van der Waals surface area contributed by atoms with Crippen molar-refractivity contribution in [3.63, 3.8) is 0 Å². The highest BCUT2D eigenvalue weighted by molar-refractivity contribution is 5.90. The number of rotatable bonds is 5. The summed E-state index contributed by atoms with van der Waals surface area (Å²) in [6, 6.07) is 12.7. The second-order valence-electron chi connectivity index (χ2n) is 7.00. The Labute approximate surface area is 168 Å². The third kappa shape index (κ3) is 4.66. The lowest BCUT2D eigenvalue weighted by atomic mass is 10.1. The molecule has 1 aliphatic heterocycles. The Balaban J connectivity index is 1.39. The highest BCUT2D eigenvalue weighted by Gasteiger charge is 2.13. The van der Waals surface area contributed by atoms with Crippen molar-refractivity contribution in [3.8, 4) is 11.3 Å². The van der Waals surface area contributed by atoms with Gasteiger partial charge in [0, 0.05) is 36.6 Å². The minimum Gasteiger partial charge on any atom is -0.355 e. The zero-order valence-corrected chi connectivity index (χ0v) is 16.0. The Morgan fingerprint density at radius 3 is 2.45 bits per heavy atom. The molecule has 1 N–H and O–H groups in total. The van der Waals surface area contributed by atoms with Gasteiger partial charge in [-0.1, -0.05) is 12.1 Å². The summed E-state index contributed by atoms with van der Waals surface area (Å²) in [6.07, 6.45) is 6.43. The first-order valence-corrected chi connectivity index (χ1v) is 9.68. The van der Waals surface area contributed by atoms with Crippen LogP contribution in [-0.2, 0) is 11.3 Å². The van der Waals surface area contributed by atoms with Crippen molar-refractivity contribution in [1.29, 1.82) is 0 Å². The number of nitrogens with zero attached hydrogens (tertiary/aromatic N) is 5. The molecule has 3 heterocycles. The molecule has 0 aliphatic carbocycles. The van der Waals surface area contributed by atoms with Gasteiger partial charge in [0.05, 0.1) is 12.0 Å². The van der Waals surface area contributed by atoms with Crippen molar-refractivity contribution in [2.75, 3.05) is 23.3 Å². The molecule has 1 saturated heterocycles. The fraction of sp³-hybridized carbons (Fsp3) is 0.286. The molecule has 4 rings (SSSR count). The minimum atomic E-state index is -0.293. The summed E-state index contributed by atoms with van der Waals surface area (Å²) in [7, 11) is 0. The smallest absolute Gasteiger partial charge is 0.253 e. The van der Waals surface area contributed by atoms with Crippen LogP contribution in [0.1, 0.15) is 19.3 Å². The monoisotopic (exact) mass is 390 g/mol. The zero-order chi connectivity index (χ0) is 20.1. The summed E-state index contributed by atoms with van der Waals surface area (Å²) in [5.41, 5.74) is 2.08. The summed E-state index contributed by atoms with van der Waals surface area (Å²) < 4.78 is 1.25. The lowest BCUT2D eigenvalue weighted by Gasteiger charge is -2.27. The van der Waals surface area contributed by atoms with Crippen LogP contribution < -0.4 is 15.8 Å². The maximum absolute atomic E-state index is 12.2. The molecule has 0 unspecified atom stereocenters. The number of hydrogen-bond acceptors (Lipinski definition) is 6. The molecule has 1 amide bonds. The lowest BCUT2D eigenvalue weighted by molar-refractivity contribution is -0.116. The predicted octanol–water partition coefficient (Wildman–Crippen LogP) is 2.33. The summed E-state index contributed by atoms with van der Waals surface area (Å²) in [5, 5.41) is 11.5. The van der Waals surface area contributed by atoms with Crippen LogP contribution in [0.4, 0.5) is 11.5 Å². The van der Waals surface area contributed by atoms with E-state index in [1.165, 1.54) is 42.4 Å². The standard InChI is InChI=1S/C21H22N6O2/c28-20(14-27-15-22-11-10-21(27)29)23-17-6-4-16(5-7-17)18-8-9-19(25-24-18)26-12-2-1-3-13-26/h4-11,15H,1-3,12-14H2,(H,23,28). The van der Waals surface area contributed by atoms with Crippen LogP contribution in [0.3, 0.4) is 0 Å². The number of benzene rings is 1. The van der Waals surface area contributed by atoms with Gasteiger partial charge in [0.25, 0.3) is 5.56 Å². The van der Waals surface area contributed by atoms with Crippen LogP contribution in [0.25, 0.3) is 11.3 Å². The number of amides is 1. The predicted molar refractivity (Wildman–Crippen MR) is 111 cm³/mol. The summed E-state index contributed by atoms with van der Waals surface area (Å²) >= 11 is 0. The molecule has 8 nitrogen and oxygen atoms in total. The summed E-state index contributed by atoms with van der Waals surface area (Å²) in [4.78, 5) is 29.9. The normalized spacial score (nSPS) is 13.9. The Hall–Kier alpha value is -3.55. The van der Waals surface area contributed by atoms with E-state index in [1.807, 2.05) is 24.3 Å². The van der Waals surface area contributed by atoms with Gasteiger partial charge in [-0.25, -0.2) is 4.98 Å². The first-order valence-electron chi connectivity index (χ1n) is 9.68. The fourth-order valence-electron chi connectivity index (χ4n) is 3.35. The summed E-state index contributed by atoms with van der Waals surface area (Å²) in [6.45, 7) is 1.99. The van der Waals surface area contributed by atoms with Gasteiger partial charge in [0.15, 0.2) is 5.82 Å². The maximum atomic E-state index is 12.2. The number of hydrogen-bond donors (Lipinski definition) is 1. The van der Waals surface area contributed by atoms with E-state index in [1.54, 1.807) is 12.1 Å². The van der Waals surface area contributed by atoms with Gasteiger partial charge < -0.3 is 10.2 Å². The first kappa shape index (κ1) is 18.8. The summed E-state index contributed by atoms with van der Waals surface area (Å²) in [5.74, 6) is 0.626. The topological polar surface area (TPSA) is 93.0 Å². The first-order chi connectivity index (χ1) is 14.2. The highest BCUT2D eigenvalue weighted by atomic mass is 16.2. The quantitative estimate of drug-likeness (QED) is 0.719. The molecule has 148 valence electrons. The van der Waals surface area contributed by atoms with E-state index in [9.17, 15) is 9.59 Å². The number of carbonyl (C=O) groups is 1. The molecule has 29 heavy (non-hydrogen) atoms. The SMILES string of the molecule is O=C(Cn1cnccc1=O)Nc1ccc(-c2ccc(N3CCCCC3)nn2)cc1. The van der Waals surface area contributed by atoms with Crippen molar-refractivity contribution in [1.82, 2.24) is 19.7 Å². The van der Waals surface area contributed by atoms with Gasteiger partial charge in [-0.05, 0) is 43.5 Å². The van der Waals surface area contributed by atoms with E-state index in [-0.39, 0.29) is 18.0 Å². The third-order valence-corrected chi connectivity index (χ3v) is 4.90. The molecule has 0 atom stereocenters. The van der Waals surface area contributed by atoms with Gasteiger partial charge in [-0.2, -0.15) is 0 Å². The molecule has 0 saturated carbocycles. The number of nitrogens with one attached hydrogen (secondary N) is 1. The van der Waals surface area contributed by atoms with Crippen LogP contribution in [0.2, 0.25) is 0 Å². The van der Waals surface area contributed by atoms with E-state index in [0.717, 1.165) is 30.2 Å². The highest BCUT2D eigenvalue weighted by Crippen LogP contribution is 2.22. The largest absolute Gasteiger partial charge is 0.355 e. The maximum Gasteiger partial charge on any atom is 0.253 e. The molecule has 3 aromatic rings. The second kappa shape index (κ2) is 8.64. The Morgan fingerprint density at radius 2 is 1.76 bits per heavy atom. The molecule has 0 spiro atoms. The van der Waals surface area contributed by atoms with E-state index >= 15 is 0 Å². The zero-order valence-electron chi connectivity index (χ0n) is 16.0. The molecule has 1 fully saturated rings. The van der Waals surface area contributed by atoms with Crippen molar-refractivity contribution >= 4 is 17.4 Å². The van der Waals surface area contributed by atoms with Gasteiger partial charge >= 0.3 is 0 Å². The van der Waals surface area contributed by atoms with Crippen LogP contribution >= 0.6 is 0 Å². The van der Waals surface area contributed by atoms with E-state index in [2.05, 4.69) is 25.4 Å². The average Bonchev–Trinajstić information content (AvgIpc) is 2.77.